The number of nitrogens with two attached hydrogens (primary N) is 1. The highest BCUT2D eigenvalue weighted by Gasteiger charge is 2.41. The molecule has 15 nitrogen and oxygen atoms in total. The summed E-state index contributed by atoms with van der Waals surface area (Å²) < 4.78 is 12.8. The van der Waals surface area contributed by atoms with Crippen LogP contribution in [0.1, 0.15) is 62.8 Å². The minimum atomic E-state index is -0.373. The van der Waals surface area contributed by atoms with Crippen molar-refractivity contribution in [3.8, 4) is 28.5 Å². The molecule has 15 heteroatoms. The van der Waals surface area contributed by atoms with Crippen LogP contribution in [0.5, 0.6) is 17.2 Å². The predicted molar refractivity (Wildman–Crippen MR) is 236 cm³/mol. The summed E-state index contributed by atoms with van der Waals surface area (Å²) in [6, 6.07) is 24.0. The molecule has 0 radical (unpaired) electrons. The SMILES string of the molecule is Nc1nnc(-c2ccccc2O)cc1N1C[C@H]2CC[C@@H](C1)N2c1cccc(OC2CCN(C(=O)CN3CCC(c4cccc5c4OCCN5[C@H]4CCC(=O)NC4=O)CC3)CC2)c1. The Labute approximate surface area is 361 Å². The Hall–Kier alpha value is -6.09. The van der Waals surface area contributed by atoms with Gasteiger partial charge in [-0.25, -0.2) is 0 Å². The lowest BCUT2D eigenvalue weighted by Crippen LogP contribution is -2.54. The standard InChI is InChI=1S/C47H55N9O6/c48-46-41(26-38(50-51-46)37-7-1-2-10-42(37)57)54-27-32-11-12-33(28-54)56(32)31-5-3-6-35(25-31)62-34-17-21-53(22-18-34)44(59)29-52-19-15-30(16-20-52)36-8-4-9-39-45(36)61-24-23-55(39)40-13-14-43(58)49-47(40)60/h1-10,25-26,30,32-34,40,57H,11-24,27-29H2,(H2,48,51)(H,49,58,60)/t32-,33+,40-/m0/s1. The number of para-hydroxylation sites is 2. The van der Waals surface area contributed by atoms with Crippen LogP contribution in [0.15, 0.2) is 72.8 Å². The third kappa shape index (κ3) is 7.94. The molecule has 4 aromatic rings. The molecule has 5 fully saturated rings. The van der Waals surface area contributed by atoms with Gasteiger partial charge in [0.1, 0.15) is 36.0 Å². The molecule has 3 atom stereocenters. The topological polar surface area (TPSA) is 170 Å². The molecule has 0 saturated carbocycles. The number of carbonyl (C=O) groups is 3. The molecule has 0 spiro atoms. The second-order valence-electron chi connectivity index (χ2n) is 17.7. The van der Waals surface area contributed by atoms with E-state index in [0.717, 1.165) is 93.3 Å². The average Bonchev–Trinajstić information content (AvgIpc) is 3.55. The number of phenols is 1. The average molecular weight is 842 g/mol. The van der Waals surface area contributed by atoms with Gasteiger partial charge >= 0.3 is 0 Å². The van der Waals surface area contributed by atoms with Gasteiger partial charge in [0, 0.05) is 74.8 Å². The van der Waals surface area contributed by atoms with Crippen LogP contribution in [0.25, 0.3) is 11.3 Å². The number of nitrogens with zero attached hydrogens (tertiary/aromatic N) is 7. The van der Waals surface area contributed by atoms with Crippen LogP contribution in [-0.2, 0) is 14.4 Å². The first-order valence-corrected chi connectivity index (χ1v) is 22.3. The number of phenolic OH excluding ortho intramolecular Hbond substituents is 1. The molecular formula is C47H55N9O6. The number of carbonyl (C=O) groups excluding carboxylic acids is 3. The fourth-order valence-electron chi connectivity index (χ4n) is 10.7. The largest absolute Gasteiger partial charge is 0.507 e. The van der Waals surface area contributed by atoms with Gasteiger partial charge in [0.25, 0.3) is 0 Å². The highest BCUT2D eigenvalue weighted by Crippen LogP contribution is 2.44. The first-order valence-electron chi connectivity index (χ1n) is 22.3. The molecule has 62 heavy (non-hydrogen) atoms. The predicted octanol–water partition coefficient (Wildman–Crippen LogP) is 4.54. The summed E-state index contributed by atoms with van der Waals surface area (Å²) in [7, 11) is 0. The van der Waals surface area contributed by atoms with E-state index in [0.29, 0.717) is 80.7 Å². The zero-order chi connectivity index (χ0) is 42.3. The Morgan fingerprint density at radius 1 is 0.839 bits per heavy atom. The molecule has 3 amide bonds. The van der Waals surface area contributed by atoms with Crippen molar-refractivity contribution in [2.75, 3.05) is 79.4 Å². The maximum atomic E-state index is 13.6. The van der Waals surface area contributed by atoms with Gasteiger partial charge in [0.15, 0.2) is 5.82 Å². The zero-order valence-corrected chi connectivity index (χ0v) is 35.0. The van der Waals surface area contributed by atoms with Crippen LogP contribution in [0, 0.1) is 0 Å². The summed E-state index contributed by atoms with van der Waals surface area (Å²) in [5.74, 6) is 2.31. The van der Waals surface area contributed by atoms with Gasteiger partial charge in [0.05, 0.1) is 30.2 Å². The van der Waals surface area contributed by atoms with E-state index in [1.165, 1.54) is 5.56 Å². The van der Waals surface area contributed by atoms with Crippen molar-refractivity contribution in [1.29, 1.82) is 0 Å². The van der Waals surface area contributed by atoms with E-state index in [4.69, 9.17) is 15.2 Å². The summed E-state index contributed by atoms with van der Waals surface area (Å²) in [6.45, 7) is 6.16. The number of piperidine rings is 3. The maximum Gasteiger partial charge on any atom is 0.249 e. The molecular weight excluding hydrogens is 787 g/mol. The summed E-state index contributed by atoms with van der Waals surface area (Å²) in [5.41, 5.74) is 11.7. The van der Waals surface area contributed by atoms with Gasteiger partial charge in [0.2, 0.25) is 17.7 Å². The molecule has 0 unspecified atom stereocenters. The third-order valence-corrected chi connectivity index (χ3v) is 13.9. The molecule has 5 saturated heterocycles. The van der Waals surface area contributed by atoms with E-state index in [1.807, 2.05) is 41.3 Å². The van der Waals surface area contributed by atoms with E-state index in [9.17, 15) is 19.5 Å². The monoisotopic (exact) mass is 841 g/mol. The van der Waals surface area contributed by atoms with Crippen molar-refractivity contribution in [2.45, 2.75) is 81.5 Å². The third-order valence-electron chi connectivity index (χ3n) is 13.9. The summed E-state index contributed by atoms with van der Waals surface area (Å²) in [4.78, 5) is 49.3. The number of ether oxygens (including phenoxy) is 2. The quantitative estimate of drug-likeness (QED) is 0.201. The van der Waals surface area contributed by atoms with Crippen LogP contribution in [0.3, 0.4) is 0 Å². The number of aromatic hydroxyl groups is 1. The van der Waals surface area contributed by atoms with E-state index < -0.39 is 0 Å². The summed E-state index contributed by atoms with van der Waals surface area (Å²) in [5, 5.41) is 21.5. The number of anilines is 4. The smallest absolute Gasteiger partial charge is 0.249 e. The summed E-state index contributed by atoms with van der Waals surface area (Å²) >= 11 is 0. The van der Waals surface area contributed by atoms with Crippen molar-refractivity contribution in [2.24, 2.45) is 0 Å². The second kappa shape index (κ2) is 17.0. The number of aromatic nitrogens is 2. The molecule has 3 aromatic carbocycles. The molecule has 4 N–H and O–H groups in total. The number of likely N-dealkylation sites (tertiary alicyclic amines) is 2. The second-order valence-corrected chi connectivity index (χ2v) is 17.7. The van der Waals surface area contributed by atoms with Crippen LogP contribution in [0.2, 0.25) is 0 Å². The van der Waals surface area contributed by atoms with Gasteiger partial charge in [-0.05, 0) is 93.1 Å². The number of hydrogen-bond acceptors (Lipinski definition) is 13. The van der Waals surface area contributed by atoms with Crippen molar-refractivity contribution in [3.63, 3.8) is 0 Å². The van der Waals surface area contributed by atoms with Crippen molar-refractivity contribution in [1.82, 2.24) is 25.3 Å². The van der Waals surface area contributed by atoms with Crippen LogP contribution in [0.4, 0.5) is 22.9 Å². The maximum absolute atomic E-state index is 13.6. The Bertz CT molecular complexity index is 2310. The van der Waals surface area contributed by atoms with Gasteiger partial charge in [-0.2, -0.15) is 0 Å². The van der Waals surface area contributed by atoms with E-state index in [1.54, 1.807) is 12.1 Å². The molecule has 7 heterocycles. The molecule has 2 bridgehead atoms. The zero-order valence-electron chi connectivity index (χ0n) is 35.0. The molecule has 10 rings (SSSR count). The van der Waals surface area contributed by atoms with Crippen molar-refractivity contribution < 1.29 is 29.0 Å². The lowest BCUT2D eigenvalue weighted by atomic mass is 9.87. The first kappa shape index (κ1) is 40.0. The van der Waals surface area contributed by atoms with Crippen molar-refractivity contribution in [3.05, 3.63) is 78.4 Å². The van der Waals surface area contributed by atoms with Crippen molar-refractivity contribution >= 4 is 40.6 Å². The van der Waals surface area contributed by atoms with Crippen LogP contribution < -0.4 is 35.2 Å². The molecule has 1 aromatic heterocycles. The molecule has 0 aliphatic carbocycles. The highest BCUT2D eigenvalue weighted by atomic mass is 16.5. The number of fused-ring (bicyclic) bond motifs is 3. The lowest BCUT2D eigenvalue weighted by molar-refractivity contribution is -0.135. The van der Waals surface area contributed by atoms with Gasteiger partial charge in [-0.1, -0.05) is 30.3 Å². The fourth-order valence-corrected chi connectivity index (χ4v) is 10.7. The normalized spacial score (nSPS) is 23.5. The minimum absolute atomic E-state index is 0.0453. The number of nitrogens with one attached hydrogen (secondary N) is 1. The van der Waals surface area contributed by atoms with Crippen LogP contribution >= 0.6 is 0 Å². The number of imide groups is 1. The Balaban J connectivity index is 0.703. The Kier molecular flexibility index (Phi) is 11.0. The number of amides is 3. The fraction of sp³-hybridized carbons (Fsp3) is 0.468. The first-order chi connectivity index (χ1) is 30.3. The lowest BCUT2D eigenvalue weighted by Gasteiger charge is -2.43. The number of nitrogen functional groups attached to an aromatic ring is 1. The molecule has 6 aliphatic rings. The van der Waals surface area contributed by atoms with Gasteiger partial charge in [-0.15, -0.1) is 10.2 Å². The number of rotatable bonds is 9. The number of hydrogen-bond donors (Lipinski definition) is 3. The van der Waals surface area contributed by atoms with E-state index in [2.05, 4.69) is 59.4 Å². The number of piperazine rings is 1. The Morgan fingerprint density at radius 3 is 2.39 bits per heavy atom. The Morgan fingerprint density at radius 2 is 1.61 bits per heavy atom. The van der Waals surface area contributed by atoms with Crippen LogP contribution in [-0.4, -0.2) is 126 Å². The molecule has 6 aliphatic heterocycles. The van der Waals surface area contributed by atoms with E-state index in [-0.39, 0.29) is 35.6 Å². The number of benzene rings is 3. The molecule has 324 valence electrons. The minimum Gasteiger partial charge on any atom is -0.507 e. The van der Waals surface area contributed by atoms with Gasteiger partial charge < -0.3 is 39.9 Å². The van der Waals surface area contributed by atoms with Gasteiger partial charge in [-0.3, -0.25) is 24.6 Å². The summed E-state index contributed by atoms with van der Waals surface area (Å²) in [6.07, 6.45) is 6.50. The van der Waals surface area contributed by atoms with E-state index >= 15 is 0 Å². The highest BCUT2D eigenvalue weighted by molar-refractivity contribution is 6.02.